The van der Waals surface area contributed by atoms with Crippen LogP contribution in [0.25, 0.3) is 98.4 Å². The van der Waals surface area contributed by atoms with Crippen molar-refractivity contribution in [1.29, 1.82) is 0 Å². The molecule has 0 aliphatic rings. The van der Waals surface area contributed by atoms with Gasteiger partial charge in [0.25, 0.3) is 0 Å². The number of fused-ring (bicyclic) bond motifs is 10. The molecule has 0 spiro atoms. The molecule has 0 aliphatic carbocycles. The van der Waals surface area contributed by atoms with E-state index in [1.54, 1.807) is 0 Å². The summed E-state index contributed by atoms with van der Waals surface area (Å²) >= 11 is 0. The molecule has 0 atom stereocenters. The van der Waals surface area contributed by atoms with Crippen LogP contribution < -0.4 is 0 Å². The van der Waals surface area contributed by atoms with Crippen LogP contribution in [0.2, 0.25) is 0 Å². The summed E-state index contributed by atoms with van der Waals surface area (Å²) in [5.41, 5.74) is 6.23. The predicted molar refractivity (Wildman–Crippen MR) is 184 cm³/mol. The smallest absolute Gasteiger partial charge is 0.136 e. The van der Waals surface area contributed by atoms with E-state index in [0.29, 0.717) is 0 Å². The molecular weight excluding hydrogens is 536 g/mol. The number of benzene rings is 8. The van der Waals surface area contributed by atoms with Crippen LogP contribution in [-0.2, 0) is 0 Å². The Morgan fingerprint density at radius 3 is 1.57 bits per heavy atom. The van der Waals surface area contributed by atoms with Crippen molar-refractivity contribution in [2.45, 2.75) is 0 Å². The Kier molecular flexibility index (Phi) is 4.75. The second-order valence-electron chi connectivity index (χ2n) is 11.6. The Labute approximate surface area is 252 Å². The average molecular weight is 561 g/mol. The Balaban J connectivity index is 1.34. The summed E-state index contributed by atoms with van der Waals surface area (Å²) in [5, 5.41) is 13.1. The zero-order valence-corrected chi connectivity index (χ0v) is 23.7. The molecular formula is C42H24O2. The van der Waals surface area contributed by atoms with Gasteiger partial charge in [-0.15, -0.1) is 0 Å². The minimum absolute atomic E-state index is 0.858. The normalized spacial score (nSPS) is 12.1. The SMILES string of the molecule is c1ccc2c(c1)cc(-c1c3ccccc3c(-c3cc4c(ccc5oc6ccccc6c54)o3)c3ccccc13)c1ccccc12. The van der Waals surface area contributed by atoms with Gasteiger partial charge in [0.05, 0.1) is 0 Å². The fourth-order valence-corrected chi connectivity index (χ4v) is 7.40. The maximum atomic E-state index is 6.73. The van der Waals surface area contributed by atoms with Crippen LogP contribution in [0, 0.1) is 0 Å². The summed E-state index contributed by atoms with van der Waals surface area (Å²) in [6, 6.07) is 51.9. The van der Waals surface area contributed by atoms with Crippen molar-refractivity contribution < 1.29 is 8.83 Å². The van der Waals surface area contributed by atoms with Crippen molar-refractivity contribution in [3.05, 3.63) is 146 Å². The lowest BCUT2D eigenvalue weighted by molar-refractivity contribution is 0.632. The zero-order chi connectivity index (χ0) is 28.8. The van der Waals surface area contributed by atoms with Gasteiger partial charge in [-0.3, -0.25) is 0 Å². The van der Waals surface area contributed by atoms with Crippen LogP contribution in [0.1, 0.15) is 0 Å². The van der Waals surface area contributed by atoms with Crippen LogP contribution >= 0.6 is 0 Å². The molecule has 2 heterocycles. The first-order valence-electron chi connectivity index (χ1n) is 15.0. The third-order valence-electron chi connectivity index (χ3n) is 9.25. The van der Waals surface area contributed by atoms with E-state index in [-0.39, 0.29) is 0 Å². The molecule has 0 radical (unpaired) electrons. The van der Waals surface area contributed by atoms with Gasteiger partial charge in [-0.05, 0) is 84.5 Å². The van der Waals surface area contributed by atoms with Gasteiger partial charge in [0.15, 0.2) is 0 Å². The van der Waals surface area contributed by atoms with Gasteiger partial charge in [-0.25, -0.2) is 0 Å². The standard InChI is InChI=1S/C42H24O2/c1-2-12-26-25(11-1)23-34(28-14-4-3-13-27(26)28)40-29-15-5-7-17-31(29)41(32-18-8-6-16-30(32)40)39-24-35-37(44-39)21-22-38-42(35)33-19-9-10-20-36(33)43-38/h1-24H. The van der Waals surface area contributed by atoms with E-state index in [4.69, 9.17) is 8.83 Å². The third-order valence-corrected chi connectivity index (χ3v) is 9.25. The van der Waals surface area contributed by atoms with Gasteiger partial charge in [0.2, 0.25) is 0 Å². The number of para-hydroxylation sites is 1. The van der Waals surface area contributed by atoms with Crippen LogP contribution in [0.3, 0.4) is 0 Å². The van der Waals surface area contributed by atoms with Crippen molar-refractivity contribution in [1.82, 2.24) is 0 Å². The first kappa shape index (κ1) is 23.7. The zero-order valence-electron chi connectivity index (χ0n) is 23.7. The molecule has 0 amide bonds. The Morgan fingerprint density at radius 2 is 0.841 bits per heavy atom. The van der Waals surface area contributed by atoms with Gasteiger partial charge < -0.3 is 8.83 Å². The maximum Gasteiger partial charge on any atom is 0.136 e. The van der Waals surface area contributed by atoms with E-state index in [1.165, 1.54) is 54.2 Å². The van der Waals surface area contributed by atoms with Crippen molar-refractivity contribution in [3.63, 3.8) is 0 Å². The number of rotatable bonds is 2. The second kappa shape index (κ2) is 8.82. The molecule has 2 heteroatoms. The summed E-state index contributed by atoms with van der Waals surface area (Å²) in [6.45, 7) is 0. The minimum atomic E-state index is 0.858. The number of furan rings is 2. The van der Waals surface area contributed by atoms with Crippen molar-refractivity contribution >= 4 is 76.0 Å². The molecule has 2 nitrogen and oxygen atoms in total. The molecule has 0 bridgehead atoms. The molecule has 2 aromatic heterocycles. The van der Waals surface area contributed by atoms with Crippen LogP contribution in [-0.4, -0.2) is 0 Å². The highest BCUT2D eigenvalue weighted by Crippen LogP contribution is 2.48. The molecule has 0 saturated carbocycles. The second-order valence-corrected chi connectivity index (χ2v) is 11.6. The number of hydrogen-bond donors (Lipinski definition) is 0. The summed E-state index contributed by atoms with van der Waals surface area (Å²) < 4.78 is 12.9. The molecule has 8 aromatic carbocycles. The predicted octanol–water partition coefficient (Wildman–Crippen LogP) is 12.3. The highest BCUT2D eigenvalue weighted by Gasteiger charge is 2.22. The van der Waals surface area contributed by atoms with Crippen LogP contribution in [0.15, 0.2) is 154 Å². The van der Waals surface area contributed by atoms with Crippen LogP contribution in [0.5, 0.6) is 0 Å². The van der Waals surface area contributed by atoms with Gasteiger partial charge >= 0.3 is 0 Å². The molecule has 204 valence electrons. The summed E-state index contributed by atoms with van der Waals surface area (Å²) in [6.07, 6.45) is 0. The molecule has 44 heavy (non-hydrogen) atoms. The lowest BCUT2D eigenvalue weighted by Gasteiger charge is -2.18. The van der Waals surface area contributed by atoms with E-state index in [2.05, 4.69) is 121 Å². The molecule has 10 rings (SSSR count). The van der Waals surface area contributed by atoms with E-state index in [0.717, 1.165) is 44.2 Å². The van der Waals surface area contributed by atoms with Crippen LogP contribution in [0.4, 0.5) is 0 Å². The quantitative estimate of drug-likeness (QED) is 0.155. The third kappa shape index (κ3) is 3.20. The summed E-state index contributed by atoms with van der Waals surface area (Å²) in [7, 11) is 0. The fraction of sp³-hybridized carbons (Fsp3) is 0. The van der Waals surface area contributed by atoms with E-state index in [9.17, 15) is 0 Å². The molecule has 0 aliphatic heterocycles. The fourth-order valence-electron chi connectivity index (χ4n) is 7.40. The molecule has 0 saturated heterocycles. The maximum absolute atomic E-state index is 6.73. The Morgan fingerprint density at radius 1 is 0.318 bits per heavy atom. The van der Waals surface area contributed by atoms with Gasteiger partial charge in [0, 0.05) is 21.7 Å². The molecule has 0 unspecified atom stereocenters. The largest absolute Gasteiger partial charge is 0.456 e. The first-order chi connectivity index (χ1) is 21.8. The molecule has 0 N–H and O–H groups in total. The first-order valence-corrected chi connectivity index (χ1v) is 15.0. The average Bonchev–Trinajstić information content (AvgIpc) is 3.68. The van der Waals surface area contributed by atoms with E-state index < -0.39 is 0 Å². The highest BCUT2D eigenvalue weighted by molar-refractivity contribution is 6.26. The monoisotopic (exact) mass is 560 g/mol. The molecule has 10 aromatic rings. The molecule has 0 fully saturated rings. The van der Waals surface area contributed by atoms with E-state index >= 15 is 0 Å². The Bertz CT molecular complexity index is 2720. The van der Waals surface area contributed by atoms with Crippen molar-refractivity contribution in [3.8, 4) is 22.5 Å². The van der Waals surface area contributed by atoms with Gasteiger partial charge in [0.1, 0.15) is 22.5 Å². The lowest BCUT2D eigenvalue weighted by Crippen LogP contribution is -1.91. The van der Waals surface area contributed by atoms with E-state index in [1.807, 2.05) is 24.3 Å². The summed E-state index contributed by atoms with van der Waals surface area (Å²) in [5.74, 6) is 0.861. The minimum Gasteiger partial charge on any atom is -0.456 e. The van der Waals surface area contributed by atoms with Gasteiger partial charge in [-0.1, -0.05) is 115 Å². The van der Waals surface area contributed by atoms with Crippen molar-refractivity contribution in [2.24, 2.45) is 0 Å². The highest BCUT2D eigenvalue weighted by atomic mass is 16.3. The van der Waals surface area contributed by atoms with Gasteiger partial charge in [-0.2, -0.15) is 0 Å². The Hall–Kier alpha value is -5.86. The number of hydrogen-bond acceptors (Lipinski definition) is 2. The lowest BCUT2D eigenvalue weighted by atomic mass is 9.85. The topological polar surface area (TPSA) is 26.3 Å². The van der Waals surface area contributed by atoms with Crippen molar-refractivity contribution in [2.75, 3.05) is 0 Å². The summed E-state index contributed by atoms with van der Waals surface area (Å²) in [4.78, 5) is 0.